The van der Waals surface area contributed by atoms with Crippen LogP contribution < -0.4 is 0 Å². The predicted octanol–water partition coefficient (Wildman–Crippen LogP) is 6.47. The molecule has 0 radical (unpaired) electrons. The molecule has 0 aromatic carbocycles. The van der Waals surface area contributed by atoms with E-state index >= 15 is 0 Å². The fourth-order valence-electron chi connectivity index (χ4n) is 2.06. The predicted molar refractivity (Wildman–Crippen MR) is 101 cm³/mol. The molecule has 0 saturated heterocycles. The van der Waals surface area contributed by atoms with E-state index in [0.717, 1.165) is 5.57 Å². The van der Waals surface area contributed by atoms with Crippen LogP contribution in [0.1, 0.15) is 41.7 Å². The SMILES string of the molecule is CCOC/C=C(C)/C=C/C(F)=C(C)/C=C/c1c(C)sc(C)c1C. The highest BCUT2D eigenvalue weighted by Gasteiger charge is 2.06. The number of thiophene rings is 1. The van der Waals surface area contributed by atoms with Gasteiger partial charge in [0, 0.05) is 16.4 Å². The summed E-state index contributed by atoms with van der Waals surface area (Å²) in [7, 11) is 0. The molecule has 1 rings (SSSR count). The third-order valence-corrected chi connectivity index (χ3v) is 4.85. The number of ether oxygens (including phenoxy) is 1. The van der Waals surface area contributed by atoms with E-state index in [1.165, 1.54) is 27.0 Å². The van der Waals surface area contributed by atoms with Crippen LogP contribution in [0.2, 0.25) is 0 Å². The summed E-state index contributed by atoms with van der Waals surface area (Å²) in [6, 6.07) is 0. The number of rotatable bonds is 7. The lowest BCUT2D eigenvalue weighted by Gasteiger charge is -1.98. The molecular formula is C20H27FOS. The van der Waals surface area contributed by atoms with Crippen molar-refractivity contribution in [1.29, 1.82) is 0 Å². The fraction of sp³-hybridized carbons (Fsp3) is 0.400. The van der Waals surface area contributed by atoms with Gasteiger partial charge < -0.3 is 4.74 Å². The van der Waals surface area contributed by atoms with Crippen LogP contribution in [0.4, 0.5) is 4.39 Å². The van der Waals surface area contributed by atoms with Crippen LogP contribution in [0.15, 0.2) is 41.3 Å². The summed E-state index contributed by atoms with van der Waals surface area (Å²) in [5, 5.41) is 0. The lowest BCUT2D eigenvalue weighted by molar-refractivity contribution is 0.177. The molecular weight excluding hydrogens is 307 g/mol. The zero-order chi connectivity index (χ0) is 17.4. The van der Waals surface area contributed by atoms with Gasteiger partial charge in [0.25, 0.3) is 0 Å². The third kappa shape index (κ3) is 6.28. The molecule has 0 aliphatic rings. The second kappa shape index (κ2) is 9.64. The van der Waals surface area contributed by atoms with Crippen molar-refractivity contribution in [2.75, 3.05) is 13.2 Å². The summed E-state index contributed by atoms with van der Waals surface area (Å²) in [5.41, 5.74) is 4.10. The van der Waals surface area contributed by atoms with E-state index in [4.69, 9.17) is 4.74 Å². The van der Waals surface area contributed by atoms with Crippen LogP contribution in [0, 0.1) is 20.8 Å². The number of aryl methyl sites for hydroxylation is 2. The minimum atomic E-state index is -0.215. The first kappa shape index (κ1) is 19.6. The van der Waals surface area contributed by atoms with E-state index in [1.807, 2.05) is 32.1 Å². The van der Waals surface area contributed by atoms with E-state index in [2.05, 4.69) is 20.8 Å². The van der Waals surface area contributed by atoms with Gasteiger partial charge in [-0.15, -0.1) is 11.3 Å². The monoisotopic (exact) mass is 334 g/mol. The second-order valence-corrected chi connectivity index (χ2v) is 6.99. The van der Waals surface area contributed by atoms with Crippen LogP contribution in [0.25, 0.3) is 6.08 Å². The fourth-order valence-corrected chi connectivity index (χ4v) is 3.11. The van der Waals surface area contributed by atoms with Crippen LogP contribution in [0.3, 0.4) is 0 Å². The Morgan fingerprint density at radius 3 is 2.35 bits per heavy atom. The van der Waals surface area contributed by atoms with Crippen LogP contribution in [-0.4, -0.2) is 13.2 Å². The summed E-state index contributed by atoms with van der Waals surface area (Å²) in [5.74, 6) is -0.215. The molecule has 0 spiro atoms. The van der Waals surface area contributed by atoms with Crippen molar-refractivity contribution in [3.63, 3.8) is 0 Å². The molecule has 0 aliphatic carbocycles. The van der Waals surface area contributed by atoms with Gasteiger partial charge in [-0.1, -0.05) is 29.9 Å². The molecule has 0 bridgehead atoms. The van der Waals surface area contributed by atoms with Crippen molar-refractivity contribution in [1.82, 2.24) is 0 Å². The standard InChI is InChI=1S/C20H27FOS/c1-7-22-13-12-14(2)8-11-20(21)15(3)9-10-19-16(4)17(5)23-18(19)6/h8-12H,7,13H2,1-6H3/b10-9+,11-8+,14-12+,20-15-. The molecule has 0 aliphatic heterocycles. The largest absolute Gasteiger partial charge is 0.378 e. The molecule has 0 N–H and O–H groups in total. The van der Waals surface area contributed by atoms with Gasteiger partial charge in [0.1, 0.15) is 5.83 Å². The highest BCUT2D eigenvalue weighted by molar-refractivity contribution is 7.12. The molecule has 0 saturated carbocycles. The summed E-state index contributed by atoms with van der Waals surface area (Å²) in [6.45, 7) is 13.3. The average Bonchev–Trinajstić information content (AvgIpc) is 2.75. The molecule has 1 aromatic rings. The Hall–Kier alpha value is -1.45. The molecule has 0 unspecified atom stereocenters. The van der Waals surface area contributed by atoms with Gasteiger partial charge in [0.05, 0.1) is 6.61 Å². The molecule has 3 heteroatoms. The normalized spacial score (nSPS) is 14.1. The lowest BCUT2D eigenvalue weighted by Crippen LogP contribution is -1.89. The zero-order valence-electron chi connectivity index (χ0n) is 15.0. The number of hydrogen-bond acceptors (Lipinski definition) is 2. The first-order valence-electron chi connectivity index (χ1n) is 7.90. The van der Waals surface area contributed by atoms with Crippen molar-refractivity contribution in [2.45, 2.75) is 41.5 Å². The molecule has 1 nitrogen and oxygen atoms in total. The van der Waals surface area contributed by atoms with Gasteiger partial charge in [-0.2, -0.15) is 0 Å². The number of hydrogen-bond donors (Lipinski definition) is 0. The van der Waals surface area contributed by atoms with E-state index in [1.54, 1.807) is 24.3 Å². The van der Waals surface area contributed by atoms with E-state index in [9.17, 15) is 4.39 Å². The second-order valence-electron chi connectivity index (χ2n) is 5.56. The van der Waals surface area contributed by atoms with Gasteiger partial charge in [-0.3, -0.25) is 0 Å². The molecule has 0 amide bonds. The van der Waals surface area contributed by atoms with Crippen LogP contribution in [0.5, 0.6) is 0 Å². The topological polar surface area (TPSA) is 9.23 Å². The van der Waals surface area contributed by atoms with E-state index < -0.39 is 0 Å². The van der Waals surface area contributed by atoms with Gasteiger partial charge in [-0.05, 0) is 64.3 Å². The third-order valence-electron chi connectivity index (χ3n) is 3.71. The minimum Gasteiger partial charge on any atom is -0.378 e. The first-order chi connectivity index (χ1) is 10.9. The summed E-state index contributed by atoms with van der Waals surface area (Å²) in [4.78, 5) is 2.59. The molecule has 1 heterocycles. The Kier molecular flexibility index (Phi) is 8.21. The number of halogens is 1. The lowest BCUT2D eigenvalue weighted by atomic mass is 10.1. The smallest absolute Gasteiger partial charge is 0.126 e. The maximum absolute atomic E-state index is 14.1. The van der Waals surface area contributed by atoms with Gasteiger partial charge >= 0.3 is 0 Å². The first-order valence-corrected chi connectivity index (χ1v) is 8.72. The van der Waals surface area contributed by atoms with Crippen LogP contribution in [-0.2, 0) is 4.74 Å². The zero-order valence-corrected chi connectivity index (χ0v) is 15.8. The summed E-state index contributed by atoms with van der Waals surface area (Å²) >= 11 is 1.79. The van der Waals surface area contributed by atoms with Crippen LogP contribution >= 0.6 is 11.3 Å². The summed E-state index contributed by atoms with van der Waals surface area (Å²) < 4.78 is 19.4. The van der Waals surface area contributed by atoms with Crippen molar-refractivity contribution in [2.24, 2.45) is 0 Å². The minimum absolute atomic E-state index is 0.215. The Labute approximate surface area is 143 Å². The molecule has 0 fully saturated rings. The molecule has 23 heavy (non-hydrogen) atoms. The highest BCUT2D eigenvalue weighted by Crippen LogP contribution is 2.28. The Balaban J connectivity index is 2.81. The maximum atomic E-state index is 14.1. The Bertz CT molecular complexity index is 645. The average molecular weight is 335 g/mol. The Morgan fingerprint density at radius 2 is 1.78 bits per heavy atom. The van der Waals surface area contributed by atoms with Crippen molar-refractivity contribution in [3.8, 4) is 0 Å². The van der Waals surface area contributed by atoms with Gasteiger partial charge in [-0.25, -0.2) is 4.39 Å². The van der Waals surface area contributed by atoms with Crippen molar-refractivity contribution < 1.29 is 9.13 Å². The molecule has 126 valence electrons. The quantitative estimate of drug-likeness (QED) is 0.410. The van der Waals surface area contributed by atoms with Gasteiger partial charge in [0.15, 0.2) is 0 Å². The van der Waals surface area contributed by atoms with Crippen molar-refractivity contribution >= 4 is 17.4 Å². The molecule has 0 atom stereocenters. The molecule has 1 aromatic heterocycles. The number of allylic oxidation sites excluding steroid dienone is 6. The Morgan fingerprint density at radius 1 is 1.09 bits per heavy atom. The summed E-state index contributed by atoms with van der Waals surface area (Å²) in [6.07, 6.45) is 9.08. The van der Waals surface area contributed by atoms with Gasteiger partial charge in [0.2, 0.25) is 0 Å². The maximum Gasteiger partial charge on any atom is 0.126 e. The van der Waals surface area contributed by atoms with E-state index in [-0.39, 0.29) is 5.83 Å². The highest BCUT2D eigenvalue weighted by atomic mass is 32.1. The van der Waals surface area contributed by atoms with Crippen molar-refractivity contribution in [3.05, 3.63) is 62.2 Å². The van der Waals surface area contributed by atoms with E-state index in [0.29, 0.717) is 18.8 Å².